The fourth-order valence-corrected chi connectivity index (χ4v) is 14.3. The van der Waals surface area contributed by atoms with Gasteiger partial charge in [0.2, 0.25) is 23.6 Å². The summed E-state index contributed by atoms with van der Waals surface area (Å²) in [7, 11) is 0. The number of allylic oxidation sites excluding steroid dienone is 2. The summed E-state index contributed by atoms with van der Waals surface area (Å²) in [6, 6.07) is 5.78. The summed E-state index contributed by atoms with van der Waals surface area (Å²) >= 11 is 0. The van der Waals surface area contributed by atoms with E-state index in [1.165, 1.54) is 36.8 Å². The summed E-state index contributed by atoms with van der Waals surface area (Å²) in [5, 5.41) is 145. The highest BCUT2D eigenvalue weighted by atomic mass is 16.8. The van der Waals surface area contributed by atoms with E-state index in [0.717, 1.165) is 65.4 Å². The largest absolute Gasteiger partial charge is 0.494 e. The quantitative estimate of drug-likeness (QED) is 0.0112. The molecule has 612 valence electrons. The topological polar surface area (TPSA) is 542 Å². The molecule has 0 radical (unpaired) electrons. The molecule has 5 amide bonds. The van der Waals surface area contributed by atoms with Crippen LogP contribution in [-0.4, -0.2) is 302 Å². The fourth-order valence-electron chi connectivity index (χ4n) is 14.3. The second kappa shape index (κ2) is 40.4. The van der Waals surface area contributed by atoms with Gasteiger partial charge in [0.1, 0.15) is 134 Å². The van der Waals surface area contributed by atoms with Gasteiger partial charge in [0, 0.05) is 50.8 Å². The number of aliphatic hydroxyl groups excluding tert-OH is 12. The molecule has 10 rings (SSSR count). The maximum Gasteiger partial charge on any atom is 0.338 e. The van der Waals surface area contributed by atoms with E-state index in [4.69, 9.17) is 61.6 Å². The number of ether oxygens (including phenoxy) is 13. The molecule has 17 N–H and O–H groups in total. The van der Waals surface area contributed by atoms with E-state index in [2.05, 4.69) is 45.7 Å². The van der Waals surface area contributed by atoms with Crippen molar-refractivity contribution in [3.8, 4) is 5.75 Å². The number of aliphatic hydroxyl groups is 12. The Morgan fingerprint density at radius 3 is 1.45 bits per heavy atom. The smallest absolute Gasteiger partial charge is 0.338 e. The van der Waals surface area contributed by atoms with Gasteiger partial charge in [-0.25, -0.2) is 9.59 Å². The number of carbonyl (C=O) groups is 7. The van der Waals surface area contributed by atoms with Crippen molar-refractivity contribution in [1.29, 1.82) is 0 Å². The predicted octanol–water partition coefficient (Wildman–Crippen LogP) is -4.04. The minimum atomic E-state index is -2.03. The molecule has 8 aliphatic rings. The third kappa shape index (κ3) is 21.3. The number of hydrogen-bond donors (Lipinski definition) is 17. The van der Waals surface area contributed by atoms with Crippen LogP contribution in [0.3, 0.4) is 0 Å². The predicted molar refractivity (Wildman–Crippen MR) is 373 cm³/mol. The molecule has 0 aromatic heterocycles. The molecule has 7 aliphatic heterocycles. The van der Waals surface area contributed by atoms with E-state index >= 15 is 0 Å². The highest BCUT2D eigenvalue weighted by Crippen LogP contribution is 2.48. The molecule has 0 saturated carbocycles. The van der Waals surface area contributed by atoms with Crippen LogP contribution < -0.4 is 31.3 Å². The van der Waals surface area contributed by atoms with E-state index in [0.29, 0.717) is 29.9 Å². The Bertz CT molecular complexity index is 3520. The van der Waals surface area contributed by atoms with Crippen LogP contribution in [0.15, 0.2) is 84.2 Å². The monoisotopic (exact) mass is 1560 g/mol. The molecule has 28 atom stereocenters. The van der Waals surface area contributed by atoms with Crippen molar-refractivity contribution >= 4 is 41.5 Å². The number of esters is 2. The first-order valence-electron chi connectivity index (χ1n) is 36.6. The Labute approximate surface area is 633 Å². The van der Waals surface area contributed by atoms with Crippen molar-refractivity contribution in [2.24, 2.45) is 5.92 Å². The molecular weight excluding hydrogens is 1460 g/mol. The minimum absolute atomic E-state index is 0.0351. The van der Waals surface area contributed by atoms with Gasteiger partial charge in [0.25, 0.3) is 12.2 Å². The summed E-state index contributed by atoms with van der Waals surface area (Å²) in [5.41, 5.74) is 3.31. The Morgan fingerprint density at radius 1 is 0.509 bits per heavy atom. The molecule has 110 heavy (non-hydrogen) atoms. The maximum atomic E-state index is 13.9. The van der Waals surface area contributed by atoms with Crippen LogP contribution in [0.4, 0.5) is 0 Å². The maximum absolute atomic E-state index is 13.9. The average Bonchev–Trinajstić information content (AvgIpc) is 1.36. The van der Waals surface area contributed by atoms with Gasteiger partial charge in [-0.2, -0.15) is 0 Å². The van der Waals surface area contributed by atoms with Gasteiger partial charge in [0.15, 0.2) is 31.5 Å². The van der Waals surface area contributed by atoms with Gasteiger partial charge in [-0.05, 0) is 68.4 Å². The summed E-state index contributed by atoms with van der Waals surface area (Å²) in [4.78, 5) is 87.4. The van der Waals surface area contributed by atoms with Crippen molar-refractivity contribution in [2.45, 2.75) is 259 Å². The molecule has 0 bridgehead atoms. The molecule has 37 heteroatoms. The number of hydrogen-bond acceptors (Lipinski definition) is 32. The zero-order chi connectivity index (χ0) is 79.8. The number of unbranched alkanes of at least 4 members (excludes halogenated alkanes) is 5. The van der Waals surface area contributed by atoms with Gasteiger partial charge in [0.05, 0.1) is 51.5 Å². The number of cyclic esters (lactones) is 1. The number of amides is 5. The van der Waals surface area contributed by atoms with Crippen LogP contribution in [0, 0.1) is 5.92 Å². The van der Waals surface area contributed by atoms with Crippen LogP contribution in [0.5, 0.6) is 5.75 Å². The number of nitrogens with one attached hydrogen (secondary N) is 5. The SMILES string of the molecule is CC1=CC(O/C=C2/C(=O)OC3c4ccccc4CC23)OC1=O.CCCCCC/C=C\CCCOc1cccc(C(=O)N[C@H]2[C@H](O[C@H]3[C@H](O)[C@@H](NC(C)=O)[C@H](O[C@H]4[C@H](O)[C@@H](NC(C)=O)[C@H](O[C@H]5[C@H](O)[C@@H](NC(C)=O)[C@H](O[C@H]6[C@H](O)[C@@H](NC(C)=O)C(O)O[C@@H]6CO)O[C@@H]5CO)O[C@@H]4CO)O[C@@H]3CO)O[C@H](CO)[C@@H](O)[C@@H]2O)c1. The number of rotatable bonds is 31. The zero-order valence-corrected chi connectivity index (χ0v) is 61.5. The second-order valence-corrected chi connectivity index (χ2v) is 27.9. The number of benzene rings is 2. The third-order valence-electron chi connectivity index (χ3n) is 19.8. The van der Waals surface area contributed by atoms with Gasteiger partial charge in [-0.15, -0.1) is 0 Å². The standard InChI is InChI=1S/C56H89N5O27.C17H14O5/c1-6-7-8-9-10-11-12-13-14-18-79-30-17-15-16-29(19-30)51(77)61-37-42(72)41(71)31(20-62)81-53(37)86-48-33(22-64)83-55(39(44(48)74)59-27(4)69)88-50-35(24-66)84-56(40(46(50)76)60-28(5)70)87-49-34(23-65)82-54(38(45(49)75)58-26(3)68)85-47-32(21-63)80-52(78)36(43(47)73)57-25(2)67;1-9-6-14(21-16(9)18)20-8-13-12-7-10-4-2-3-5-11(10)15(12)22-17(13)19/h11-12,15-17,19,31-50,52-56,62-66,71-76,78H,6-10,13-14,18,20-24H2,1-5H3,(H,57,67)(H,58,68)(H,59,69)(H,60,70)(H,61,77);2-6,8,12,14-15H,7H2,1H3/b12-11-;13-8+/t31-,32-,33-,34-,35-,36-,37-,38-,39-,40-,41-,42-,43-,44-,45-,46-,47-,48-,49-,50-,52?,53+,54+,55+,56+;/m1./s1. The number of carbonyl (C=O) groups excluding carboxylic acids is 7. The molecule has 0 spiro atoms. The van der Waals surface area contributed by atoms with Crippen LogP contribution in [0.2, 0.25) is 0 Å². The normalized spacial score (nSPS) is 36.3. The lowest BCUT2D eigenvalue weighted by atomic mass is 9.93. The van der Waals surface area contributed by atoms with Crippen molar-refractivity contribution in [3.05, 3.63) is 101 Å². The highest BCUT2D eigenvalue weighted by Gasteiger charge is 2.58. The minimum Gasteiger partial charge on any atom is -0.494 e. The van der Waals surface area contributed by atoms with E-state index in [1.807, 2.05) is 24.3 Å². The number of fused-ring (bicyclic) bond motifs is 3. The van der Waals surface area contributed by atoms with E-state index in [9.17, 15) is 94.8 Å². The molecule has 6 fully saturated rings. The summed E-state index contributed by atoms with van der Waals surface area (Å²) in [6.07, 6.45) is -21.7. The van der Waals surface area contributed by atoms with Gasteiger partial charge in [-0.1, -0.05) is 68.7 Å². The summed E-state index contributed by atoms with van der Waals surface area (Å²) < 4.78 is 75.7. The Kier molecular flexibility index (Phi) is 31.9. The van der Waals surface area contributed by atoms with Gasteiger partial charge >= 0.3 is 11.9 Å². The molecule has 4 unspecified atom stereocenters. The first kappa shape index (κ1) is 86.7. The zero-order valence-electron chi connectivity index (χ0n) is 61.5. The first-order valence-corrected chi connectivity index (χ1v) is 36.6. The van der Waals surface area contributed by atoms with Crippen molar-refractivity contribution in [3.63, 3.8) is 0 Å². The lowest BCUT2D eigenvalue weighted by Crippen LogP contribution is -2.72. The Hall–Kier alpha value is -7.29. The van der Waals surface area contributed by atoms with Crippen molar-refractivity contribution < 1.29 is 156 Å². The lowest BCUT2D eigenvalue weighted by molar-refractivity contribution is -0.367. The summed E-state index contributed by atoms with van der Waals surface area (Å²) in [5.74, 6) is -4.34. The van der Waals surface area contributed by atoms with Crippen LogP contribution in [-0.2, 0) is 92.0 Å². The lowest BCUT2D eigenvalue weighted by Gasteiger charge is -2.51. The average molecular weight is 1560 g/mol. The van der Waals surface area contributed by atoms with E-state index < -0.39 is 228 Å². The summed E-state index contributed by atoms with van der Waals surface area (Å²) in [6.45, 7) is 3.67. The molecule has 2 aromatic carbocycles. The van der Waals surface area contributed by atoms with Gasteiger partial charge in [-0.3, -0.25) is 24.0 Å². The third-order valence-corrected chi connectivity index (χ3v) is 19.8. The van der Waals surface area contributed by atoms with Crippen molar-refractivity contribution in [1.82, 2.24) is 26.6 Å². The molecule has 7 heterocycles. The van der Waals surface area contributed by atoms with E-state index in [1.54, 1.807) is 25.1 Å². The molecule has 2 aromatic rings. The van der Waals surface area contributed by atoms with Crippen LogP contribution in [0.25, 0.3) is 0 Å². The van der Waals surface area contributed by atoms with Gasteiger partial charge < -0.3 is 149 Å². The first-order chi connectivity index (χ1) is 52.6. The van der Waals surface area contributed by atoms with Crippen molar-refractivity contribution in [2.75, 3.05) is 39.6 Å². The molecule has 6 saturated heterocycles. The Morgan fingerprint density at radius 2 is 0.973 bits per heavy atom. The molecule has 37 nitrogen and oxygen atoms in total. The van der Waals surface area contributed by atoms with E-state index in [-0.39, 0.29) is 23.6 Å². The molecular formula is C73H103N5O32. The molecule has 1 aliphatic carbocycles. The highest BCUT2D eigenvalue weighted by molar-refractivity contribution is 5.95. The fraction of sp³-hybridized carbons (Fsp3) is 0.658. The van der Waals surface area contributed by atoms with Crippen LogP contribution in [0.1, 0.15) is 114 Å². The Balaban J connectivity index is 0.000000532. The second-order valence-electron chi connectivity index (χ2n) is 27.9. The van der Waals surface area contributed by atoms with Crippen LogP contribution >= 0.6 is 0 Å².